The number of rotatable bonds is 2. The lowest BCUT2D eigenvalue weighted by atomic mass is 9.98. The predicted molar refractivity (Wildman–Crippen MR) is 67.2 cm³/mol. The number of morpholine rings is 1. The number of Topliss-reactive ketones (excluding diaryl/α,β-unsaturated/α-hetero) is 1. The number of aryl methyl sites for hydroxylation is 1. The summed E-state index contributed by atoms with van der Waals surface area (Å²) in [6.45, 7) is 2.66. The first-order valence-corrected chi connectivity index (χ1v) is 6.46. The van der Waals surface area contributed by atoms with Crippen LogP contribution in [0.2, 0.25) is 0 Å². The van der Waals surface area contributed by atoms with Gasteiger partial charge in [0.2, 0.25) is 0 Å². The molecule has 0 bridgehead atoms. The van der Waals surface area contributed by atoms with Crippen molar-refractivity contribution in [3.63, 3.8) is 0 Å². The second-order valence-electron chi connectivity index (χ2n) is 4.72. The number of ketones is 1. The van der Waals surface area contributed by atoms with Crippen LogP contribution in [0, 0.1) is 0 Å². The fourth-order valence-electron chi connectivity index (χ4n) is 2.45. The Morgan fingerprint density at radius 2 is 2.28 bits per heavy atom. The highest BCUT2D eigenvalue weighted by atomic mass is 16.5. The van der Waals surface area contributed by atoms with Crippen LogP contribution in [0.25, 0.3) is 0 Å². The Morgan fingerprint density at radius 1 is 1.33 bits per heavy atom. The molecule has 96 valence electrons. The first-order valence-electron chi connectivity index (χ1n) is 6.46. The molecule has 0 aromatic heterocycles. The quantitative estimate of drug-likeness (QED) is 0.797. The van der Waals surface area contributed by atoms with Crippen LogP contribution < -0.4 is 10.1 Å². The standard InChI is InChI=1S/C14H17NO3/c16-14(12-9-17-7-5-15-12)11-3-4-13-10(8-11)2-1-6-18-13/h3-4,8,12,15H,1-2,5-7,9H2. The van der Waals surface area contributed by atoms with E-state index in [0.29, 0.717) is 13.2 Å². The van der Waals surface area contributed by atoms with Gasteiger partial charge in [-0.2, -0.15) is 0 Å². The lowest BCUT2D eigenvalue weighted by Crippen LogP contribution is -2.46. The van der Waals surface area contributed by atoms with E-state index in [4.69, 9.17) is 9.47 Å². The lowest BCUT2D eigenvalue weighted by molar-refractivity contribution is 0.0607. The summed E-state index contributed by atoms with van der Waals surface area (Å²) in [5.41, 5.74) is 1.89. The van der Waals surface area contributed by atoms with Gasteiger partial charge in [0.25, 0.3) is 0 Å². The zero-order valence-electron chi connectivity index (χ0n) is 10.3. The molecule has 18 heavy (non-hydrogen) atoms. The summed E-state index contributed by atoms with van der Waals surface area (Å²) >= 11 is 0. The highest BCUT2D eigenvalue weighted by Crippen LogP contribution is 2.26. The van der Waals surface area contributed by atoms with Crippen molar-refractivity contribution in [1.82, 2.24) is 5.32 Å². The summed E-state index contributed by atoms with van der Waals surface area (Å²) in [6, 6.07) is 5.52. The zero-order valence-corrected chi connectivity index (χ0v) is 10.3. The van der Waals surface area contributed by atoms with E-state index >= 15 is 0 Å². The largest absolute Gasteiger partial charge is 0.493 e. The van der Waals surface area contributed by atoms with Crippen molar-refractivity contribution in [2.24, 2.45) is 0 Å². The Bertz CT molecular complexity index is 452. The van der Waals surface area contributed by atoms with Gasteiger partial charge >= 0.3 is 0 Å². The minimum Gasteiger partial charge on any atom is -0.493 e. The van der Waals surface area contributed by atoms with Gasteiger partial charge in [0.1, 0.15) is 5.75 Å². The normalized spacial score (nSPS) is 23.0. The highest BCUT2D eigenvalue weighted by Gasteiger charge is 2.23. The Labute approximate surface area is 106 Å². The molecule has 2 aliphatic heterocycles. The molecule has 0 amide bonds. The van der Waals surface area contributed by atoms with E-state index in [1.807, 2.05) is 18.2 Å². The zero-order chi connectivity index (χ0) is 12.4. The van der Waals surface area contributed by atoms with Crippen molar-refractivity contribution in [1.29, 1.82) is 0 Å². The first-order chi connectivity index (χ1) is 8.84. The van der Waals surface area contributed by atoms with Crippen molar-refractivity contribution in [3.05, 3.63) is 29.3 Å². The van der Waals surface area contributed by atoms with Crippen molar-refractivity contribution >= 4 is 5.78 Å². The lowest BCUT2D eigenvalue weighted by Gasteiger charge is -2.23. The maximum Gasteiger partial charge on any atom is 0.182 e. The second kappa shape index (κ2) is 5.08. The summed E-state index contributed by atoms with van der Waals surface area (Å²) < 4.78 is 10.9. The maximum atomic E-state index is 12.3. The SMILES string of the molecule is O=C(c1ccc2c(c1)CCCO2)C1COCCN1. The summed E-state index contributed by atoms with van der Waals surface area (Å²) in [5, 5.41) is 3.19. The number of carbonyl (C=O) groups is 1. The molecule has 1 fully saturated rings. The molecule has 0 saturated carbocycles. The molecule has 0 aliphatic carbocycles. The van der Waals surface area contributed by atoms with Crippen LogP contribution in [0.5, 0.6) is 5.75 Å². The molecule has 1 aromatic rings. The minimum absolute atomic E-state index is 0.114. The summed E-state index contributed by atoms with van der Waals surface area (Å²) in [4.78, 5) is 12.3. The third-order valence-electron chi connectivity index (χ3n) is 3.43. The average Bonchev–Trinajstić information content (AvgIpc) is 2.47. The van der Waals surface area contributed by atoms with Gasteiger partial charge in [-0.1, -0.05) is 0 Å². The topological polar surface area (TPSA) is 47.6 Å². The number of hydrogen-bond acceptors (Lipinski definition) is 4. The molecule has 1 unspecified atom stereocenters. The number of benzene rings is 1. The van der Waals surface area contributed by atoms with Gasteiger partial charge in [-0.05, 0) is 36.6 Å². The van der Waals surface area contributed by atoms with Crippen LogP contribution in [0.15, 0.2) is 18.2 Å². The second-order valence-corrected chi connectivity index (χ2v) is 4.72. The van der Waals surface area contributed by atoms with E-state index in [1.165, 1.54) is 0 Å². The Balaban J connectivity index is 1.80. The summed E-state index contributed by atoms with van der Waals surface area (Å²) in [5.74, 6) is 1.04. The number of fused-ring (bicyclic) bond motifs is 1. The monoisotopic (exact) mass is 247 g/mol. The number of ether oxygens (including phenoxy) is 2. The molecule has 4 nitrogen and oxygen atoms in total. The molecule has 0 spiro atoms. The molecule has 2 heterocycles. The van der Waals surface area contributed by atoms with Crippen LogP contribution in [0.1, 0.15) is 22.3 Å². The Hall–Kier alpha value is -1.39. The molecule has 2 aliphatic rings. The van der Waals surface area contributed by atoms with Crippen molar-refractivity contribution in [2.45, 2.75) is 18.9 Å². The van der Waals surface area contributed by atoms with E-state index in [0.717, 1.165) is 42.9 Å². The van der Waals surface area contributed by atoms with E-state index in [1.54, 1.807) is 0 Å². The summed E-state index contributed by atoms with van der Waals surface area (Å²) in [7, 11) is 0. The number of nitrogens with one attached hydrogen (secondary N) is 1. The molecule has 1 atom stereocenters. The van der Waals surface area contributed by atoms with Gasteiger partial charge in [0, 0.05) is 12.1 Å². The molecular formula is C14H17NO3. The van der Waals surface area contributed by atoms with Crippen LogP contribution in [0.3, 0.4) is 0 Å². The molecule has 1 saturated heterocycles. The van der Waals surface area contributed by atoms with Crippen molar-refractivity contribution < 1.29 is 14.3 Å². The van der Waals surface area contributed by atoms with Crippen molar-refractivity contribution in [3.8, 4) is 5.75 Å². The summed E-state index contributed by atoms with van der Waals surface area (Å²) in [6.07, 6.45) is 2.01. The maximum absolute atomic E-state index is 12.3. The Morgan fingerprint density at radius 3 is 3.11 bits per heavy atom. The molecular weight excluding hydrogens is 230 g/mol. The van der Waals surface area contributed by atoms with E-state index in [9.17, 15) is 4.79 Å². The number of carbonyl (C=O) groups excluding carboxylic acids is 1. The van der Waals surface area contributed by atoms with Gasteiger partial charge in [0.15, 0.2) is 5.78 Å². The van der Waals surface area contributed by atoms with Gasteiger partial charge in [-0.25, -0.2) is 0 Å². The van der Waals surface area contributed by atoms with Crippen LogP contribution in [0.4, 0.5) is 0 Å². The van der Waals surface area contributed by atoms with Crippen LogP contribution in [-0.2, 0) is 11.2 Å². The third-order valence-corrected chi connectivity index (χ3v) is 3.43. The number of hydrogen-bond donors (Lipinski definition) is 1. The Kier molecular flexibility index (Phi) is 3.30. The minimum atomic E-state index is -0.207. The van der Waals surface area contributed by atoms with Gasteiger partial charge in [-0.3, -0.25) is 4.79 Å². The average molecular weight is 247 g/mol. The fourth-order valence-corrected chi connectivity index (χ4v) is 2.45. The molecule has 4 heteroatoms. The van der Waals surface area contributed by atoms with Gasteiger partial charge < -0.3 is 14.8 Å². The predicted octanol–water partition coefficient (Wildman–Crippen LogP) is 1.18. The van der Waals surface area contributed by atoms with Crippen LogP contribution in [-0.4, -0.2) is 38.2 Å². The van der Waals surface area contributed by atoms with Gasteiger partial charge in [-0.15, -0.1) is 0 Å². The van der Waals surface area contributed by atoms with Crippen molar-refractivity contribution in [2.75, 3.05) is 26.4 Å². The van der Waals surface area contributed by atoms with Crippen LogP contribution >= 0.6 is 0 Å². The van der Waals surface area contributed by atoms with E-state index in [2.05, 4.69) is 5.32 Å². The highest BCUT2D eigenvalue weighted by molar-refractivity contribution is 6.00. The molecule has 1 N–H and O–H groups in total. The van der Waals surface area contributed by atoms with E-state index < -0.39 is 0 Å². The molecule has 1 aromatic carbocycles. The molecule has 3 rings (SSSR count). The van der Waals surface area contributed by atoms with Gasteiger partial charge in [0.05, 0.1) is 25.9 Å². The smallest absolute Gasteiger partial charge is 0.182 e. The first kappa shape index (κ1) is 11.7. The molecule has 0 radical (unpaired) electrons. The fraction of sp³-hybridized carbons (Fsp3) is 0.500. The van der Waals surface area contributed by atoms with E-state index in [-0.39, 0.29) is 11.8 Å². The third kappa shape index (κ3) is 2.26.